The Hall–Kier alpha value is -2.17. The monoisotopic (exact) mass is 304 g/mol. The Balaban J connectivity index is 1.85. The second kappa shape index (κ2) is 8.32. The minimum atomic E-state index is -0.341. The standard InChI is InChI=1S/C17H24N2O3/c1-3-5-10-22-17(20)18-9-8-13-12-19-16-11-14(21-4-2)6-7-15(13)16/h6-7,11-12,19H,3-5,8-10H2,1-2H3,(H,18,20). The smallest absolute Gasteiger partial charge is 0.407 e. The predicted octanol–water partition coefficient (Wildman–Crippen LogP) is 3.64. The number of amides is 1. The van der Waals surface area contributed by atoms with Gasteiger partial charge in [-0.05, 0) is 37.5 Å². The highest BCUT2D eigenvalue weighted by molar-refractivity contribution is 5.84. The average Bonchev–Trinajstić information content (AvgIpc) is 2.90. The van der Waals surface area contributed by atoms with Crippen molar-refractivity contribution < 1.29 is 14.3 Å². The number of rotatable bonds is 8. The molecule has 22 heavy (non-hydrogen) atoms. The summed E-state index contributed by atoms with van der Waals surface area (Å²) >= 11 is 0. The third-order valence-electron chi connectivity index (χ3n) is 3.44. The molecular weight excluding hydrogens is 280 g/mol. The molecule has 0 spiro atoms. The number of fused-ring (bicyclic) bond motifs is 1. The Morgan fingerprint density at radius 2 is 2.18 bits per heavy atom. The molecule has 2 N–H and O–H groups in total. The molecule has 0 saturated carbocycles. The molecule has 2 rings (SSSR count). The van der Waals surface area contributed by atoms with Gasteiger partial charge in [0.2, 0.25) is 0 Å². The number of nitrogens with one attached hydrogen (secondary N) is 2. The lowest BCUT2D eigenvalue weighted by atomic mass is 10.1. The van der Waals surface area contributed by atoms with Crippen molar-refractivity contribution in [1.82, 2.24) is 10.3 Å². The van der Waals surface area contributed by atoms with E-state index in [4.69, 9.17) is 9.47 Å². The highest BCUT2D eigenvalue weighted by Crippen LogP contribution is 2.23. The van der Waals surface area contributed by atoms with E-state index in [1.807, 2.05) is 31.3 Å². The Labute approximate surface area is 131 Å². The van der Waals surface area contributed by atoms with Gasteiger partial charge in [-0.15, -0.1) is 0 Å². The quantitative estimate of drug-likeness (QED) is 0.732. The van der Waals surface area contributed by atoms with Crippen LogP contribution in [-0.4, -0.2) is 30.8 Å². The molecule has 0 fully saturated rings. The van der Waals surface area contributed by atoms with Crippen molar-refractivity contribution in [2.45, 2.75) is 33.1 Å². The van der Waals surface area contributed by atoms with Crippen LogP contribution in [0, 0.1) is 0 Å². The molecule has 5 nitrogen and oxygen atoms in total. The first-order valence-corrected chi connectivity index (χ1v) is 7.88. The molecule has 0 atom stereocenters. The molecule has 0 aliphatic heterocycles. The number of aromatic amines is 1. The largest absolute Gasteiger partial charge is 0.494 e. The third-order valence-corrected chi connectivity index (χ3v) is 3.44. The van der Waals surface area contributed by atoms with Gasteiger partial charge >= 0.3 is 6.09 Å². The van der Waals surface area contributed by atoms with Gasteiger partial charge in [0, 0.05) is 29.7 Å². The topological polar surface area (TPSA) is 63.3 Å². The van der Waals surface area contributed by atoms with Gasteiger partial charge in [0.15, 0.2) is 0 Å². The van der Waals surface area contributed by atoms with Crippen molar-refractivity contribution in [2.24, 2.45) is 0 Å². The summed E-state index contributed by atoms with van der Waals surface area (Å²) < 4.78 is 10.5. The van der Waals surface area contributed by atoms with Crippen LogP contribution in [0.1, 0.15) is 32.3 Å². The van der Waals surface area contributed by atoms with Crippen LogP contribution in [-0.2, 0) is 11.2 Å². The first-order chi connectivity index (χ1) is 10.7. The second-order valence-corrected chi connectivity index (χ2v) is 5.12. The highest BCUT2D eigenvalue weighted by Gasteiger charge is 2.06. The van der Waals surface area contributed by atoms with Gasteiger partial charge < -0.3 is 19.8 Å². The molecule has 1 aromatic heterocycles. The molecule has 1 aromatic carbocycles. The molecule has 0 bridgehead atoms. The molecular formula is C17H24N2O3. The molecule has 120 valence electrons. The fourth-order valence-electron chi connectivity index (χ4n) is 2.29. The average molecular weight is 304 g/mol. The maximum Gasteiger partial charge on any atom is 0.407 e. The summed E-state index contributed by atoms with van der Waals surface area (Å²) in [7, 11) is 0. The first-order valence-electron chi connectivity index (χ1n) is 7.88. The number of ether oxygens (including phenoxy) is 2. The normalized spacial score (nSPS) is 10.6. The summed E-state index contributed by atoms with van der Waals surface area (Å²) in [6.07, 6.45) is 4.32. The van der Waals surface area contributed by atoms with Gasteiger partial charge in [-0.3, -0.25) is 0 Å². The highest BCUT2D eigenvalue weighted by atomic mass is 16.5. The molecule has 5 heteroatoms. The number of carbonyl (C=O) groups is 1. The van der Waals surface area contributed by atoms with Crippen molar-refractivity contribution in [3.05, 3.63) is 30.0 Å². The minimum Gasteiger partial charge on any atom is -0.494 e. The fourth-order valence-corrected chi connectivity index (χ4v) is 2.29. The first kappa shape index (κ1) is 16.2. The number of hydrogen-bond acceptors (Lipinski definition) is 3. The third kappa shape index (κ3) is 4.41. The van der Waals surface area contributed by atoms with E-state index in [9.17, 15) is 4.79 Å². The lowest BCUT2D eigenvalue weighted by Gasteiger charge is -2.06. The number of hydrogen-bond donors (Lipinski definition) is 2. The van der Waals surface area contributed by atoms with Crippen molar-refractivity contribution in [3.63, 3.8) is 0 Å². The van der Waals surface area contributed by atoms with Crippen molar-refractivity contribution >= 4 is 17.0 Å². The van der Waals surface area contributed by atoms with Crippen LogP contribution in [0.4, 0.5) is 4.79 Å². The minimum absolute atomic E-state index is 0.341. The maximum absolute atomic E-state index is 11.5. The molecule has 0 unspecified atom stereocenters. The zero-order valence-corrected chi connectivity index (χ0v) is 13.3. The van der Waals surface area contributed by atoms with Crippen LogP contribution < -0.4 is 10.1 Å². The number of benzene rings is 1. The molecule has 0 saturated heterocycles. The molecule has 0 aliphatic carbocycles. The van der Waals surface area contributed by atoms with Gasteiger partial charge in [-0.2, -0.15) is 0 Å². The number of carbonyl (C=O) groups excluding carboxylic acids is 1. The van der Waals surface area contributed by atoms with Crippen molar-refractivity contribution in [2.75, 3.05) is 19.8 Å². The fraction of sp³-hybridized carbons (Fsp3) is 0.471. The van der Waals surface area contributed by atoms with Gasteiger partial charge in [0.05, 0.1) is 13.2 Å². The Kier molecular flexibility index (Phi) is 6.13. The predicted molar refractivity (Wildman–Crippen MR) is 87.4 cm³/mol. The van der Waals surface area contributed by atoms with Crippen molar-refractivity contribution in [1.29, 1.82) is 0 Å². The van der Waals surface area contributed by atoms with Crippen LogP contribution in [0.5, 0.6) is 5.75 Å². The summed E-state index contributed by atoms with van der Waals surface area (Å²) in [6.45, 7) is 5.73. The number of H-pyrrole nitrogens is 1. The Morgan fingerprint density at radius 1 is 1.32 bits per heavy atom. The van der Waals surface area contributed by atoms with E-state index < -0.39 is 0 Å². The summed E-state index contributed by atoms with van der Waals surface area (Å²) in [6, 6.07) is 6.01. The molecule has 2 aromatic rings. The zero-order chi connectivity index (χ0) is 15.8. The van der Waals surface area contributed by atoms with Crippen LogP contribution >= 0.6 is 0 Å². The van der Waals surface area contributed by atoms with E-state index in [1.165, 1.54) is 5.56 Å². The molecule has 1 amide bonds. The number of aromatic nitrogens is 1. The van der Waals surface area contributed by atoms with E-state index in [-0.39, 0.29) is 6.09 Å². The van der Waals surface area contributed by atoms with Crippen LogP contribution in [0.2, 0.25) is 0 Å². The van der Waals surface area contributed by atoms with Gasteiger partial charge in [0.25, 0.3) is 0 Å². The van der Waals surface area contributed by atoms with Crippen LogP contribution in [0.25, 0.3) is 10.9 Å². The summed E-state index contributed by atoms with van der Waals surface area (Å²) in [4.78, 5) is 14.7. The Morgan fingerprint density at radius 3 is 2.95 bits per heavy atom. The van der Waals surface area contributed by atoms with E-state index in [2.05, 4.69) is 17.2 Å². The van der Waals surface area contributed by atoms with Crippen molar-refractivity contribution in [3.8, 4) is 5.75 Å². The molecule has 0 radical (unpaired) electrons. The van der Waals surface area contributed by atoms with E-state index in [1.54, 1.807) is 0 Å². The van der Waals surface area contributed by atoms with Gasteiger partial charge in [0.1, 0.15) is 5.75 Å². The van der Waals surface area contributed by atoms with Crippen LogP contribution in [0.15, 0.2) is 24.4 Å². The summed E-state index contributed by atoms with van der Waals surface area (Å²) in [5.41, 5.74) is 2.22. The summed E-state index contributed by atoms with van der Waals surface area (Å²) in [5, 5.41) is 3.93. The maximum atomic E-state index is 11.5. The SMILES string of the molecule is CCCCOC(=O)NCCc1c[nH]c2cc(OCC)ccc12. The zero-order valence-electron chi connectivity index (χ0n) is 13.3. The van der Waals surface area contributed by atoms with E-state index in [0.717, 1.165) is 35.9 Å². The molecule has 0 aliphatic rings. The number of unbranched alkanes of at least 4 members (excludes halogenated alkanes) is 1. The van der Waals surface area contributed by atoms with Gasteiger partial charge in [-0.1, -0.05) is 13.3 Å². The second-order valence-electron chi connectivity index (χ2n) is 5.12. The lowest BCUT2D eigenvalue weighted by molar-refractivity contribution is 0.144. The van der Waals surface area contributed by atoms with Gasteiger partial charge in [-0.25, -0.2) is 4.79 Å². The van der Waals surface area contributed by atoms with Crippen LogP contribution in [0.3, 0.4) is 0 Å². The van der Waals surface area contributed by atoms with E-state index >= 15 is 0 Å². The molecule has 1 heterocycles. The van der Waals surface area contributed by atoms with E-state index in [0.29, 0.717) is 19.8 Å². The Bertz CT molecular complexity index is 607. The lowest BCUT2D eigenvalue weighted by Crippen LogP contribution is -2.26. The number of alkyl carbamates (subject to hydrolysis) is 1. The summed E-state index contributed by atoms with van der Waals surface area (Å²) in [5.74, 6) is 0.862.